The molecule has 0 radical (unpaired) electrons. The molecule has 2 aromatic rings. The monoisotopic (exact) mass is 516 g/mol. The molecule has 1 atom stereocenters. The molecule has 154 valence electrons. The van der Waals surface area contributed by atoms with Crippen molar-refractivity contribution in [3.63, 3.8) is 0 Å². The number of hydrogen-bond donors (Lipinski definition) is 2. The fraction of sp³-hybridized carbons (Fsp3) is 0.400. The molecule has 6 nitrogen and oxygen atoms in total. The fourth-order valence-corrected chi connectivity index (χ4v) is 3.13. The van der Waals surface area contributed by atoms with Crippen LogP contribution in [0.5, 0.6) is 5.75 Å². The van der Waals surface area contributed by atoms with Crippen LogP contribution in [0, 0.1) is 0 Å². The zero-order valence-electron chi connectivity index (χ0n) is 16.8. The Labute approximate surface area is 188 Å². The predicted molar refractivity (Wildman–Crippen MR) is 127 cm³/mol. The number of hydrogen-bond acceptors (Lipinski definition) is 4. The van der Waals surface area contributed by atoms with Crippen LogP contribution in [0.3, 0.4) is 0 Å². The van der Waals surface area contributed by atoms with E-state index < -0.39 is 0 Å². The molecule has 28 heavy (non-hydrogen) atoms. The molecule has 1 aromatic heterocycles. The van der Waals surface area contributed by atoms with Crippen molar-refractivity contribution in [1.29, 1.82) is 0 Å². The molecule has 1 unspecified atom stereocenters. The molecule has 0 aliphatic rings. The van der Waals surface area contributed by atoms with Crippen LogP contribution in [-0.4, -0.2) is 51.1 Å². The van der Waals surface area contributed by atoms with Crippen molar-refractivity contribution < 1.29 is 9.53 Å². The summed E-state index contributed by atoms with van der Waals surface area (Å²) in [5, 5.41) is 10.9. The lowest BCUT2D eigenvalue weighted by Crippen LogP contribution is -2.38. The van der Waals surface area contributed by atoms with Crippen LogP contribution in [0.2, 0.25) is 0 Å². The number of likely N-dealkylation sites (N-methyl/N-ethyl adjacent to an activating group) is 1. The van der Waals surface area contributed by atoms with Crippen molar-refractivity contribution in [1.82, 2.24) is 15.5 Å². The molecule has 0 aliphatic heterocycles. The summed E-state index contributed by atoms with van der Waals surface area (Å²) < 4.78 is 5.56. The summed E-state index contributed by atoms with van der Waals surface area (Å²) >= 11 is 1.71. The molecular weight excluding hydrogens is 487 g/mol. The van der Waals surface area contributed by atoms with Gasteiger partial charge < -0.3 is 20.3 Å². The smallest absolute Gasteiger partial charge is 0.259 e. The van der Waals surface area contributed by atoms with Crippen LogP contribution in [0.4, 0.5) is 0 Å². The predicted octanol–water partition coefficient (Wildman–Crippen LogP) is 3.30. The lowest BCUT2D eigenvalue weighted by Gasteiger charge is -2.16. The molecule has 0 saturated carbocycles. The number of guanidine groups is 1. The second-order valence-corrected chi connectivity index (χ2v) is 7.27. The van der Waals surface area contributed by atoms with E-state index in [-0.39, 0.29) is 36.5 Å². The molecule has 1 amide bonds. The number of benzene rings is 1. The zero-order valence-corrected chi connectivity index (χ0v) is 19.9. The molecule has 8 heteroatoms. The van der Waals surface area contributed by atoms with E-state index in [2.05, 4.69) is 39.4 Å². The zero-order chi connectivity index (χ0) is 19.6. The minimum atomic E-state index is -0.0668. The number of aliphatic imine (C=N–C) groups is 1. The summed E-state index contributed by atoms with van der Waals surface area (Å²) in [6.45, 7) is 3.66. The second-order valence-electron chi connectivity index (χ2n) is 6.49. The molecular formula is C20H29IN4O2S. The topological polar surface area (TPSA) is 66.0 Å². The van der Waals surface area contributed by atoms with Crippen molar-refractivity contribution in [2.75, 3.05) is 34.3 Å². The highest BCUT2D eigenvalue weighted by Crippen LogP contribution is 2.17. The van der Waals surface area contributed by atoms with Gasteiger partial charge in [-0.1, -0.05) is 19.1 Å². The Bertz CT molecular complexity index is 750. The SMILES string of the molecule is CN=C(NCc1cccc(OCC(=O)N(C)C)c1)NCC(C)c1ccsc1.I. The average molecular weight is 516 g/mol. The van der Waals surface area contributed by atoms with Gasteiger partial charge >= 0.3 is 0 Å². The van der Waals surface area contributed by atoms with Crippen molar-refractivity contribution >= 4 is 47.2 Å². The largest absolute Gasteiger partial charge is 0.484 e. The lowest BCUT2D eigenvalue weighted by atomic mass is 10.1. The van der Waals surface area contributed by atoms with Gasteiger partial charge in [-0.2, -0.15) is 11.3 Å². The van der Waals surface area contributed by atoms with Gasteiger partial charge in [0.15, 0.2) is 12.6 Å². The minimum Gasteiger partial charge on any atom is -0.484 e. The molecule has 0 spiro atoms. The minimum absolute atomic E-state index is 0. The van der Waals surface area contributed by atoms with E-state index in [9.17, 15) is 4.79 Å². The first-order valence-electron chi connectivity index (χ1n) is 8.88. The summed E-state index contributed by atoms with van der Waals surface area (Å²) in [7, 11) is 5.19. The van der Waals surface area contributed by atoms with Gasteiger partial charge in [-0.15, -0.1) is 24.0 Å². The third kappa shape index (κ3) is 8.05. The Balaban J connectivity index is 0.00000392. The van der Waals surface area contributed by atoms with E-state index in [1.807, 2.05) is 24.3 Å². The van der Waals surface area contributed by atoms with Gasteiger partial charge in [0.1, 0.15) is 5.75 Å². The molecule has 0 saturated heterocycles. The summed E-state index contributed by atoms with van der Waals surface area (Å²) in [6.07, 6.45) is 0. The summed E-state index contributed by atoms with van der Waals surface area (Å²) in [5.41, 5.74) is 2.39. The summed E-state index contributed by atoms with van der Waals surface area (Å²) in [5.74, 6) is 1.79. The van der Waals surface area contributed by atoms with Crippen LogP contribution >= 0.6 is 35.3 Å². The number of rotatable bonds is 8. The number of amides is 1. The maximum absolute atomic E-state index is 11.6. The lowest BCUT2D eigenvalue weighted by molar-refractivity contribution is -0.130. The first-order valence-corrected chi connectivity index (χ1v) is 9.82. The highest BCUT2D eigenvalue weighted by molar-refractivity contribution is 14.0. The van der Waals surface area contributed by atoms with Gasteiger partial charge in [0, 0.05) is 34.2 Å². The number of carbonyl (C=O) groups is 1. The summed E-state index contributed by atoms with van der Waals surface area (Å²) in [4.78, 5) is 17.4. The third-order valence-electron chi connectivity index (χ3n) is 4.13. The van der Waals surface area contributed by atoms with Gasteiger partial charge in [-0.3, -0.25) is 9.79 Å². The van der Waals surface area contributed by atoms with E-state index in [0.717, 1.165) is 18.1 Å². The first kappa shape index (κ1) is 24.2. The highest BCUT2D eigenvalue weighted by Gasteiger charge is 2.08. The molecule has 0 fully saturated rings. The van der Waals surface area contributed by atoms with Crippen LogP contribution < -0.4 is 15.4 Å². The number of nitrogens with zero attached hydrogens (tertiary/aromatic N) is 2. The van der Waals surface area contributed by atoms with E-state index in [1.165, 1.54) is 10.5 Å². The standard InChI is InChI=1S/C20H28N4O2S.HI/c1-15(17-8-9-27-14-17)11-22-20(21-2)23-12-16-6-5-7-18(10-16)26-13-19(25)24(3)4;/h5-10,14-15H,11-13H2,1-4H3,(H2,21,22,23);1H. The van der Waals surface area contributed by atoms with Crippen molar-refractivity contribution in [3.8, 4) is 5.75 Å². The van der Waals surface area contributed by atoms with Gasteiger partial charge in [0.2, 0.25) is 0 Å². The van der Waals surface area contributed by atoms with Gasteiger partial charge in [-0.05, 0) is 46.0 Å². The summed E-state index contributed by atoms with van der Waals surface area (Å²) in [6, 6.07) is 9.86. The normalized spacial score (nSPS) is 11.9. The van der Waals surface area contributed by atoms with E-state index in [1.54, 1.807) is 32.5 Å². The van der Waals surface area contributed by atoms with Gasteiger partial charge in [0.25, 0.3) is 5.91 Å². The second kappa shape index (κ2) is 12.6. The number of halogens is 1. The first-order chi connectivity index (χ1) is 13.0. The van der Waals surface area contributed by atoms with Crippen molar-refractivity contribution in [2.24, 2.45) is 4.99 Å². The van der Waals surface area contributed by atoms with Crippen LogP contribution in [0.15, 0.2) is 46.1 Å². The molecule has 2 N–H and O–H groups in total. The third-order valence-corrected chi connectivity index (χ3v) is 4.83. The Morgan fingerprint density at radius 2 is 2.07 bits per heavy atom. The molecule has 1 aromatic carbocycles. The molecule has 0 aliphatic carbocycles. The molecule has 0 bridgehead atoms. The van der Waals surface area contributed by atoms with Crippen LogP contribution in [0.1, 0.15) is 24.0 Å². The molecule has 2 rings (SSSR count). The van der Waals surface area contributed by atoms with Crippen molar-refractivity contribution in [3.05, 3.63) is 52.2 Å². The maximum atomic E-state index is 11.6. The van der Waals surface area contributed by atoms with Gasteiger partial charge in [0.05, 0.1) is 0 Å². The quantitative estimate of drug-likeness (QED) is 0.321. The van der Waals surface area contributed by atoms with Crippen molar-refractivity contribution in [2.45, 2.75) is 19.4 Å². The number of ether oxygens (including phenoxy) is 1. The average Bonchev–Trinajstić information content (AvgIpc) is 3.21. The van der Waals surface area contributed by atoms with E-state index >= 15 is 0 Å². The van der Waals surface area contributed by atoms with Crippen LogP contribution in [0.25, 0.3) is 0 Å². The fourth-order valence-electron chi connectivity index (χ4n) is 2.35. The Morgan fingerprint density at radius 3 is 2.71 bits per heavy atom. The Kier molecular flexibility index (Phi) is 10.9. The number of thiophene rings is 1. The maximum Gasteiger partial charge on any atom is 0.259 e. The Hall–Kier alpha value is -1.81. The highest BCUT2D eigenvalue weighted by atomic mass is 127. The number of nitrogens with one attached hydrogen (secondary N) is 2. The van der Waals surface area contributed by atoms with Crippen LogP contribution in [-0.2, 0) is 11.3 Å². The van der Waals surface area contributed by atoms with E-state index in [4.69, 9.17) is 4.74 Å². The molecule has 1 heterocycles. The van der Waals surface area contributed by atoms with Gasteiger partial charge in [-0.25, -0.2) is 0 Å². The van der Waals surface area contributed by atoms with E-state index in [0.29, 0.717) is 18.2 Å². The number of carbonyl (C=O) groups excluding carboxylic acids is 1. The Morgan fingerprint density at radius 1 is 1.29 bits per heavy atom.